The van der Waals surface area contributed by atoms with Crippen molar-refractivity contribution in [2.45, 2.75) is 19.8 Å². The molecule has 0 aliphatic heterocycles. The van der Waals surface area contributed by atoms with Crippen LogP contribution < -0.4 is 15.4 Å². The maximum atomic E-state index is 12.1. The number of hydrogen-bond donors (Lipinski definition) is 2. The fourth-order valence-corrected chi connectivity index (χ4v) is 2.95. The Balaban J connectivity index is 1.90. The summed E-state index contributed by atoms with van der Waals surface area (Å²) >= 11 is 9.20. The Morgan fingerprint density at radius 1 is 1.19 bits per heavy atom. The molecule has 0 aromatic heterocycles. The lowest BCUT2D eigenvalue weighted by atomic mass is 10.2. The molecule has 2 aromatic rings. The van der Waals surface area contributed by atoms with Gasteiger partial charge in [0.2, 0.25) is 0 Å². The van der Waals surface area contributed by atoms with Crippen LogP contribution in [-0.2, 0) is 4.79 Å². The molecular formula is C19H20BrClN2O3. The first-order valence-corrected chi connectivity index (χ1v) is 9.42. The Hall–Kier alpha value is -2.05. The van der Waals surface area contributed by atoms with Gasteiger partial charge in [0.25, 0.3) is 11.8 Å². The van der Waals surface area contributed by atoms with Crippen molar-refractivity contribution >= 4 is 45.0 Å². The average Bonchev–Trinajstić information content (AvgIpc) is 2.61. The second-order valence-corrected chi connectivity index (χ2v) is 6.89. The average molecular weight is 440 g/mol. The zero-order valence-electron chi connectivity index (χ0n) is 14.4. The number of anilines is 1. The smallest absolute Gasteiger partial charge is 0.262 e. The Morgan fingerprint density at radius 3 is 2.73 bits per heavy atom. The van der Waals surface area contributed by atoms with Crippen molar-refractivity contribution in [3.8, 4) is 5.75 Å². The van der Waals surface area contributed by atoms with Gasteiger partial charge in [-0.1, -0.05) is 31.0 Å². The van der Waals surface area contributed by atoms with Gasteiger partial charge in [0.1, 0.15) is 5.75 Å². The van der Waals surface area contributed by atoms with Crippen molar-refractivity contribution in [3.63, 3.8) is 0 Å². The van der Waals surface area contributed by atoms with E-state index < -0.39 is 0 Å². The summed E-state index contributed by atoms with van der Waals surface area (Å²) in [7, 11) is 0. The molecule has 0 fully saturated rings. The fourth-order valence-electron chi connectivity index (χ4n) is 2.15. The van der Waals surface area contributed by atoms with Crippen molar-refractivity contribution in [1.82, 2.24) is 5.32 Å². The minimum atomic E-state index is -0.324. The number of halogens is 2. The number of hydrogen-bond acceptors (Lipinski definition) is 3. The first kappa shape index (κ1) is 20.3. The summed E-state index contributed by atoms with van der Waals surface area (Å²) in [5.41, 5.74) is 1.04. The van der Waals surface area contributed by atoms with Crippen molar-refractivity contribution < 1.29 is 14.3 Å². The van der Waals surface area contributed by atoms with Gasteiger partial charge in [-0.3, -0.25) is 9.59 Å². The molecule has 0 unspecified atom stereocenters. The van der Waals surface area contributed by atoms with Crippen LogP contribution in [0, 0.1) is 0 Å². The summed E-state index contributed by atoms with van der Waals surface area (Å²) in [6.07, 6.45) is 1.94. The predicted octanol–water partition coefficient (Wildman–Crippen LogP) is 4.65. The molecule has 5 nitrogen and oxygen atoms in total. The highest BCUT2D eigenvalue weighted by Crippen LogP contribution is 2.27. The first-order chi connectivity index (χ1) is 12.5. The van der Waals surface area contributed by atoms with Gasteiger partial charge in [-0.2, -0.15) is 0 Å². The maximum Gasteiger partial charge on any atom is 0.262 e. The van der Waals surface area contributed by atoms with E-state index in [4.69, 9.17) is 16.3 Å². The molecule has 0 saturated carbocycles. The number of carbonyl (C=O) groups is 2. The second kappa shape index (κ2) is 10.2. The van der Waals surface area contributed by atoms with E-state index in [1.165, 1.54) is 0 Å². The van der Waals surface area contributed by atoms with E-state index >= 15 is 0 Å². The van der Waals surface area contributed by atoms with Crippen LogP contribution in [0.5, 0.6) is 5.75 Å². The molecule has 138 valence electrons. The number of nitrogens with one attached hydrogen (secondary N) is 2. The standard InChI is InChI=1S/C19H20BrClN2O3/c1-2-3-9-22-19(25)13-5-4-6-15(10-13)23-18(24)12-26-17-8-7-14(21)11-16(17)20/h4-8,10-11H,2-3,9,12H2,1H3,(H,22,25)(H,23,24). The third-order valence-corrected chi connectivity index (χ3v) is 4.33. The van der Waals surface area contributed by atoms with Crippen LogP contribution in [0.4, 0.5) is 5.69 Å². The largest absolute Gasteiger partial charge is 0.483 e. The van der Waals surface area contributed by atoms with Crippen molar-refractivity contribution in [1.29, 1.82) is 0 Å². The molecule has 0 heterocycles. The van der Waals surface area contributed by atoms with Crippen molar-refractivity contribution in [3.05, 3.63) is 57.5 Å². The Bertz CT molecular complexity index is 783. The summed E-state index contributed by atoms with van der Waals surface area (Å²) in [5.74, 6) is 0.0416. The number of carbonyl (C=O) groups excluding carboxylic acids is 2. The molecule has 0 spiro atoms. The van der Waals surface area contributed by atoms with Crippen LogP contribution in [0.15, 0.2) is 46.9 Å². The third kappa shape index (κ3) is 6.35. The van der Waals surface area contributed by atoms with Gasteiger partial charge in [-0.05, 0) is 58.7 Å². The van der Waals surface area contributed by atoms with E-state index in [-0.39, 0.29) is 18.4 Å². The van der Waals surface area contributed by atoms with Gasteiger partial charge in [-0.15, -0.1) is 0 Å². The molecular weight excluding hydrogens is 420 g/mol. The molecule has 0 bridgehead atoms. The van der Waals surface area contributed by atoms with Crippen LogP contribution in [0.1, 0.15) is 30.1 Å². The quantitative estimate of drug-likeness (QED) is 0.588. The van der Waals surface area contributed by atoms with Gasteiger partial charge in [0, 0.05) is 22.8 Å². The van der Waals surface area contributed by atoms with Gasteiger partial charge in [0.15, 0.2) is 6.61 Å². The van der Waals surface area contributed by atoms with E-state index in [1.807, 2.05) is 0 Å². The van der Waals surface area contributed by atoms with Crippen LogP contribution >= 0.6 is 27.5 Å². The zero-order chi connectivity index (χ0) is 18.9. The molecule has 2 N–H and O–H groups in total. The van der Waals surface area contributed by atoms with Gasteiger partial charge in [-0.25, -0.2) is 0 Å². The Morgan fingerprint density at radius 2 is 2.00 bits per heavy atom. The van der Waals surface area contributed by atoms with Gasteiger partial charge >= 0.3 is 0 Å². The van der Waals surface area contributed by atoms with Crippen LogP contribution in [0.2, 0.25) is 5.02 Å². The molecule has 26 heavy (non-hydrogen) atoms. The summed E-state index contributed by atoms with van der Waals surface area (Å²) in [4.78, 5) is 24.1. The highest BCUT2D eigenvalue weighted by atomic mass is 79.9. The highest BCUT2D eigenvalue weighted by Gasteiger charge is 2.09. The number of benzene rings is 2. The minimum Gasteiger partial charge on any atom is -0.483 e. The lowest BCUT2D eigenvalue weighted by Crippen LogP contribution is -2.25. The summed E-state index contributed by atoms with van der Waals surface area (Å²) in [6.45, 7) is 2.54. The predicted molar refractivity (Wildman–Crippen MR) is 107 cm³/mol. The molecule has 7 heteroatoms. The normalized spacial score (nSPS) is 10.3. The Kier molecular flexibility index (Phi) is 7.94. The monoisotopic (exact) mass is 438 g/mol. The molecule has 0 saturated heterocycles. The summed E-state index contributed by atoms with van der Waals surface area (Å²) in [6, 6.07) is 11.8. The van der Waals surface area contributed by atoms with E-state index in [1.54, 1.807) is 42.5 Å². The van der Waals surface area contributed by atoms with E-state index in [9.17, 15) is 9.59 Å². The van der Waals surface area contributed by atoms with E-state index in [0.29, 0.717) is 33.0 Å². The lowest BCUT2D eigenvalue weighted by molar-refractivity contribution is -0.118. The SMILES string of the molecule is CCCCNC(=O)c1cccc(NC(=O)COc2ccc(Cl)cc2Br)c1. The Labute approximate surface area is 166 Å². The number of ether oxygens (including phenoxy) is 1. The number of rotatable bonds is 8. The summed E-state index contributed by atoms with van der Waals surface area (Å²) in [5, 5.41) is 6.14. The molecule has 0 aliphatic carbocycles. The lowest BCUT2D eigenvalue weighted by Gasteiger charge is -2.10. The minimum absolute atomic E-state index is 0.157. The van der Waals surface area contributed by atoms with E-state index in [0.717, 1.165) is 12.8 Å². The highest BCUT2D eigenvalue weighted by molar-refractivity contribution is 9.10. The zero-order valence-corrected chi connectivity index (χ0v) is 16.7. The molecule has 2 rings (SSSR count). The van der Waals surface area contributed by atoms with Crippen LogP contribution in [0.25, 0.3) is 0 Å². The first-order valence-electron chi connectivity index (χ1n) is 8.25. The molecule has 0 aliphatic rings. The molecule has 0 atom stereocenters. The van der Waals surface area contributed by atoms with Gasteiger partial charge < -0.3 is 15.4 Å². The second-order valence-electron chi connectivity index (χ2n) is 5.60. The van der Waals surface area contributed by atoms with Crippen LogP contribution in [-0.4, -0.2) is 25.0 Å². The van der Waals surface area contributed by atoms with Crippen molar-refractivity contribution in [2.75, 3.05) is 18.5 Å². The number of amides is 2. The van der Waals surface area contributed by atoms with Gasteiger partial charge in [0.05, 0.1) is 4.47 Å². The third-order valence-electron chi connectivity index (χ3n) is 3.48. The topological polar surface area (TPSA) is 67.4 Å². The fraction of sp³-hybridized carbons (Fsp3) is 0.263. The molecule has 2 aromatic carbocycles. The molecule has 2 amide bonds. The van der Waals surface area contributed by atoms with Crippen LogP contribution in [0.3, 0.4) is 0 Å². The summed E-state index contributed by atoms with van der Waals surface area (Å²) < 4.78 is 6.14. The molecule has 0 radical (unpaired) electrons. The maximum absolute atomic E-state index is 12.1. The number of unbranched alkanes of at least 4 members (excludes halogenated alkanes) is 1. The van der Waals surface area contributed by atoms with E-state index in [2.05, 4.69) is 33.5 Å². The van der Waals surface area contributed by atoms with Crippen molar-refractivity contribution in [2.24, 2.45) is 0 Å².